The van der Waals surface area contributed by atoms with E-state index in [1.807, 2.05) is 19.9 Å². The molecule has 0 fully saturated rings. The number of aryl methyl sites for hydroxylation is 2. The molecule has 8 nitrogen and oxygen atoms in total. The van der Waals surface area contributed by atoms with Gasteiger partial charge < -0.3 is 9.47 Å². The van der Waals surface area contributed by atoms with Gasteiger partial charge in [-0.15, -0.1) is 0 Å². The van der Waals surface area contributed by atoms with Gasteiger partial charge in [0.2, 0.25) is 0 Å². The van der Waals surface area contributed by atoms with Gasteiger partial charge in [0.25, 0.3) is 11.8 Å². The number of nitrogens with zero attached hydrogens (tertiary/aromatic N) is 2. The van der Waals surface area contributed by atoms with Crippen LogP contribution in [0.4, 0.5) is 0 Å². The number of amides is 2. The molecule has 1 aliphatic heterocycles. The standard InChI is InChI=1S/C19H21ClN4O4/c1-12-8-13(2)24(23-12)11-18(26)22-21-17(25)5-4-14-9-15(20)19-16(10-14)27-6-3-7-28-19/h4-5,8-10H,3,6-7,11H2,1-2H3,(H,21,25)(H,22,26)/b5-4+. The lowest BCUT2D eigenvalue weighted by molar-refractivity contribution is -0.127. The number of benzene rings is 1. The quantitative estimate of drug-likeness (QED) is 0.601. The molecule has 0 saturated heterocycles. The SMILES string of the molecule is Cc1cc(C)n(CC(=O)NNC(=O)/C=C/c2cc(Cl)c3c(c2)OCCCO3)n1. The van der Waals surface area contributed by atoms with E-state index in [-0.39, 0.29) is 12.5 Å². The Bertz CT molecular complexity index is 923. The van der Waals surface area contributed by atoms with Crippen LogP contribution in [0, 0.1) is 13.8 Å². The Morgan fingerprint density at radius 1 is 1.21 bits per heavy atom. The number of carbonyl (C=O) groups is 2. The number of halogens is 1. The van der Waals surface area contributed by atoms with Crippen molar-refractivity contribution >= 4 is 29.5 Å². The van der Waals surface area contributed by atoms with Crippen LogP contribution in [-0.4, -0.2) is 34.8 Å². The average Bonchev–Trinajstić information content (AvgIpc) is 2.84. The first-order valence-corrected chi connectivity index (χ1v) is 9.17. The second-order valence-corrected chi connectivity index (χ2v) is 6.74. The van der Waals surface area contributed by atoms with E-state index < -0.39 is 5.91 Å². The summed E-state index contributed by atoms with van der Waals surface area (Å²) in [6.45, 7) is 4.80. The molecule has 0 atom stereocenters. The van der Waals surface area contributed by atoms with Gasteiger partial charge in [-0.3, -0.25) is 25.1 Å². The molecule has 0 saturated carbocycles. The number of nitrogens with one attached hydrogen (secondary N) is 2. The molecule has 2 heterocycles. The fraction of sp³-hybridized carbons (Fsp3) is 0.316. The summed E-state index contributed by atoms with van der Waals surface area (Å²) in [5.74, 6) is 0.192. The molecule has 2 N–H and O–H groups in total. The molecule has 0 unspecified atom stereocenters. The van der Waals surface area contributed by atoms with Crippen LogP contribution in [-0.2, 0) is 16.1 Å². The molecular weight excluding hydrogens is 384 g/mol. The molecule has 1 aromatic heterocycles. The van der Waals surface area contributed by atoms with E-state index in [0.29, 0.717) is 35.3 Å². The van der Waals surface area contributed by atoms with Crippen LogP contribution in [0.5, 0.6) is 11.5 Å². The molecule has 2 aromatic rings. The Balaban J connectivity index is 1.55. The maximum Gasteiger partial charge on any atom is 0.262 e. The Morgan fingerprint density at radius 2 is 2.00 bits per heavy atom. The third kappa shape index (κ3) is 5.04. The Labute approximate surface area is 167 Å². The van der Waals surface area contributed by atoms with Crippen molar-refractivity contribution in [2.75, 3.05) is 13.2 Å². The van der Waals surface area contributed by atoms with Gasteiger partial charge in [0, 0.05) is 18.2 Å². The molecule has 1 aromatic carbocycles. The minimum Gasteiger partial charge on any atom is -0.489 e. The maximum absolute atomic E-state index is 11.9. The number of hydrazine groups is 1. The summed E-state index contributed by atoms with van der Waals surface area (Å²) < 4.78 is 12.7. The molecule has 2 amide bonds. The first-order valence-electron chi connectivity index (χ1n) is 8.79. The van der Waals surface area contributed by atoms with Crippen LogP contribution in [0.15, 0.2) is 24.3 Å². The van der Waals surface area contributed by atoms with Crippen molar-refractivity contribution in [2.45, 2.75) is 26.8 Å². The van der Waals surface area contributed by atoms with E-state index in [0.717, 1.165) is 17.8 Å². The van der Waals surface area contributed by atoms with Crippen molar-refractivity contribution in [3.63, 3.8) is 0 Å². The van der Waals surface area contributed by atoms with Crippen molar-refractivity contribution < 1.29 is 19.1 Å². The Morgan fingerprint density at radius 3 is 2.75 bits per heavy atom. The molecule has 3 rings (SSSR count). The monoisotopic (exact) mass is 404 g/mol. The summed E-state index contributed by atoms with van der Waals surface area (Å²) in [5.41, 5.74) is 7.05. The molecule has 0 bridgehead atoms. The predicted octanol–water partition coefficient (Wildman–Crippen LogP) is 2.18. The van der Waals surface area contributed by atoms with Crippen LogP contribution in [0.25, 0.3) is 6.08 Å². The number of rotatable bonds is 4. The normalized spacial score (nSPS) is 13.2. The number of hydrogen-bond donors (Lipinski definition) is 2. The third-order valence-corrected chi connectivity index (χ3v) is 4.25. The van der Waals surface area contributed by atoms with Gasteiger partial charge >= 0.3 is 0 Å². The van der Waals surface area contributed by atoms with Crippen molar-refractivity contribution in [2.24, 2.45) is 0 Å². The smallest absolute Gasteiger partial charge is 0.262 e. The van der Waals surface area contributed by atoms with Gasteiger partial charge in [0.15, 0.2) is 11.5 Å². The topological polar surface area (TPSA) is 94.5 Å². The summed E-state index contributed by atoms with van der Waals surface area (Å²) in [7, 11) is 0. The average molecular weight is 405 g/mol. The summed E-state index contributed by atoms with van der Waals surface area (Å²) in [5, 5.41) is 4.61. The van der Waals surface area contributed by atoms with Gasteiger partial charge in [-0.1, -0.05) is 11.6 Å². The zero-order chi connectivity index (χ0) is 20.1. The zero-order valence-corrected chi connectivity index (χ0v) is 16.4. The van der Waals surface area contributed by atoms with Crippen molar-refractivity contribution in [3.8, 4) is 11.5 Å². The highest BCUT2D eigenvalue weighted by Gasteiger charge is 2.15. The lowest BCUT2D eigenvalue weighted by Gasteiger charge is -2.10. The molecule has 148 valence electrons. The highest BCUT2D eigenvalue weighted by molar-refractivity contribution is 6.32. The lowest BCUT2D eigenvalue weighted by Crippen LogP contribution is -2.42. The molecule has 9 heteroatoms. The summed E-state index contributed by atoms with van der Waals surface area (Å²) >= 11 is 6.22. The van der Waals surface area contributed by atoms with E-state index >= 15 is 0 Å². The van der Waals surface area contributed by atoms with Crippen LogP contribution >= 0.6 is 11.6 Å². The van der Waals surface area contributed by atoms with Crippen molar-refractivity contribution in [1.82, 2.24) is 20.6 Å². The minimum atomic E-state index is -0.482. The van der Waals surface area contributed by atoms with Crippen molar-refractivity contribution in [1.29, 1.82) is 0 Å². The van der Waals surface area contributed by atoms with Crippen LogP contribution in [0.3, 0.4) is 0 Å². The van der Waals surface area contributed by atoms with E-state index in [1.165, 1.54) is 6.08 Å². The molecule has 0 aliphatic carbocycles. The van der Waals surface area contributed by atoms with Gasteiger partial charge in [-0.25, -0.2) is 0 Å². The van der Waals surface area contributed by atoms with E-state index in [4.69, 9.17) is 21.1 Å². The Hall–Kier alpha value is -3.00. The second-order valence-electron chi connectivity index (χ2n) is 6.34. The summed E-state index contributed by atoms with van der Waals surface area (Å²) in [6, 6.07) is 5.30. The fourth-order valence-electron chi connectivity index (χ4n) is 2.70. The highest BCUT2D eigenvalue weighted by atomic mass is 35.5. The largest absolute Gasteiger partial charge is 0.489 e. The van der Waals surface area contributed by atoms with Gasteiger partial charge in [-0.2, -0.15) is 5.10 Å². The molecule has 0 radical (unpaired) electrons. The number of fused-ring (bicyclic) bond motifs is 1. The molecule has 1 aliphatic rings. The second kappa shape index (κ2) is 8.79. The van der Waals surface area contributed by atoms with E-state index in [9.17, 15) is 9.59 Å². The number of aromatic nitrogens is 2. The third-order valence-electron chi connectivity index (χ3n) is 3.97. The van der Waals surface area contributed by atoms with Crippen LogP contribution in [0.1, 0.15) is 23.4 Å². The molecule has 0 spiro atoms. The van der Waals surface area contributed by atoms with Crippen LogP contribution in [0.2, 0.25) is 5.02 Å². The first kappa shape index (κ1) is 19.8. The number of ether oxygens (including phenoxy) is 2. The zero-order valence-electron chi connectivity index (χ0n) is 15.6. The van der Waals surface area contributed by atoms with Crippen molar-refractivity contribution in [3.05, 3.63) is 46.2 Å². The molecular formula is C19H21ClN4O4. The van der Waals surface area contributed by atoms with Gasteiger partial charge in [0.1, 0.15) is 6.54 Å². The summed E-state index contributed by atoms with van der Waals surface area (Å²) in [4.78, 5) is 23.9. The predicted molar refractivity (Wildman–Crippen MR) is 104 cm³/mol. The van der Waals surface area contributed by atoms with E-state index in [1.54, 1.807) is 22.9 Å². The maximum atomic E-state index is 11.9. The summed E-state index contributed by atoms with van der Waals surface area (Å²) in [6.07, 6.45) is 3.64. The fourth-order valence-corrected chi connectivity index (χ4v) is 2.98. The first-order chi connectivity index (χ1) is 13.4. The number of hydrogen-bond acceptors (Lipinski definition) is 5. The van der Waals surface area contributed by atoms with Gasteiger partial charge in [-0.05, 0) is 43.7 Å². The van der Waals surface area contributed by atoms with Crippen LogP contribution < -0.4 is 20.3 Å². The molecule has 28 heavy (non-hydrogen) atoms. The number of carbonyl (C=O) groups excluding carboxylic acids is 2. The highest BCUT2D eigenvalue weighted by Crippen LogP contribution is 2.38. The lowest BCUT2D eigenvalue weighted by atomic mass is 10.2. The Kier molecular flexibility index (Phi) is 6.20. The minimum absolute atomic E-state index is 0.0153. The van der Waals surface area contributed by atoms with E-state index in [2.05, 4.69) is 16.0 Å². The van der Waals surface area contributed by atoms with Gasteiger partial charge in [0.05, 0.1) is 23.9 Å².